The van der Waals surface area contributed by atoms with E-state index in [1.807, 2.05) is 12.1 Å². The highest BCUT2D eigenvalue weighted by Gasteiger charge is 2.18. The number of non-ortho nitro benzene ring substituents is 1. The van der Waals surface area contributed by atoms with Crippen molar-refractivity contribution in [2.75, 3.05) is 7.11 Å². The zero-order valence-electron chi connectivity index (χ0n) is 11.6. The van der Waals surface area contributed by atoms with Gasteiger partial charge in [0.25, 0.3) is 5.69 Å². The lowest BCUT2D eigenvalue weighted by atomic mass is 10.00. The first kappa shape index (κ1) is 13.7. The predicted octanol–water partition coefficient (Wildman–Crippen LogP) is 2.92. The Balaban J connectivity index is 2.19. The number of fused-ring (bicyclic) bond motifs is 1. The highest BCUT2D eigenvalue weighted by Crippen LogP contribution is 2.31. The van der Waals surface area contributed by atoms with Gasteiger partial charge in [-0.15, -0.1) is 0 Å². The summed E-state index contributed by atoms with van der Waals surface area (Å²) in [6, 6.07) is 11.6. The number of hydrogen-bond acceptors (Lipinski definition) is 5. The lowest BCUT2D eigenvalue weighted by molar-refractivity contribution is -0.384. The molecule has 22 heavy (non-hydrogen) atoms. The largest absolute Gasteiger partial charge is 0.464 e. The maximum atomic E-state index is 11.8. The zero-order chi connectivity index (χ0) is 15.7. The van der Waals surface area contributed by atoms with Crippen LogP contribution < -0.4 is 0 Å². The van der Waals surface area contributed by atoms with E-state index in [2.05, 4.69) is 10.2 Å². The van der Waals surface area contributed by atoms with Crippen LogP contribution >= 0.6 is 0 Å². The van der Waals surface area contributed by atoms with Gasteiger partial charge in [-0.25, -0.2) is 4.79 Å². The summed E-state index contributed by atoms with van der Waals surface area (Å²) in [6.45, 7) is 0. The fourth-order valence-electron chi connectivity index (χ4n) is 2.32. The van der Waals surface area contributed by atoms with Crippen LogP contribution in [0.1, 0.15) is 10.5 Å². The van der Waals surface area contributed by atoms with Crippen molar-refractivity contribution in [3.05, 3.63) is 58.3 Å². The van der Waals surface area contributed by atoms with Gasteiger partial charge in [0.2, 0.25) is 0 Å². The lowest BCUT2D eigenvalue weighted by Gasteiger charge is -2.05. The van der Waals surface area contributed by atoms with Crippen molar-refractivity contribution in [1.29, 1.82) is 0 Å². The van der Waals surface area contributed by atoms with Crippen LogP contribution in [0.4, 0.5) is 5.69 Å². The van der Waals surface area contributed by atoms with Crippen molar-refractivity contribution in [2.24, 2.45) is 0 Å². The van der Waals surface area contributed by atoms with Gasteiger partial charge < -0.3 is 4.74 Å². The lowest BCUT2D eigenvalue weighted by Crippen LogP contribution is -2.02. The fourth-order valence-corrected chi connectivity index (χ4v) is 2.32. The number of esters is 1. The molecule has 0 aliphatic carbocycles. The van der Waals surface area contributed by atoms with Crippen LogP contribution in [0.2, 0.25) is 0 Å². The number of carbonyl (C=O) groups is 1. The molecule has 0 spiro atoms. The number of nitrogens with one attached hydrogen (secondary N) is 1. The molecule has 0 fully saturated rings. The summed E-state index contributed by atoms with van der Waals surface area (Å²) >= 11 is 0. The first-order valence-corrected chi connectivity index (χ1v) is 6.42. The second-order valence-electron chi connectivity index (χ2n) is 4.60. The number of methoxy groups -OCH3 is 1. The summed E-state index contributed by atoms with van der Waals surface area (Å²) in [7, 11) is 1.29. The molecule has 1 N–H and O–H groups in total. The molecular formula is C15H11N3O4. The van der Waals surface area contributed by atoms with E-state index in [9.17, 15) is 14.9 Å². The van der Waals surface area contributed by atoms with Gasteiger partial charge in [-0.3, -0.25) is 15.2 Å². The standard InChI is InChI=1S/C15H11N3O4/c1-22-15(19)14-13-11(3-2-4-12(13)16-17-14)9-5-7-10(8-6-9)18(20)21/h2-8H,1H3,(H,16,17). The number of nitrogens with zero attached hydrogens (tertiary/aromatic N) is 2. The molecule has 0 saturated carbocycles. The van der Waals surface area contributed by atoms with Crippen LogP contribution in [-0.2, 0) is 4.74 Å². The van der Waals surface area contributed by atoms with Gasteiger partial charge >= 0.3 is 5.97 Å². The normalized spacial score (nSPS) is 10.6. The number of aromatic amines is 1. The fraction of sp³-hybridized carbons (Fsp3) is 0.0667. The molecular weight excluding hydrogens is 286 g/mol. The molecule has 1 heterocycles. The van der Waals surface area contributed by atoms with E-state index in [-0.39, 0.29) is 11.4 Å². The van der Waals surface area contributed by atoms with Gasteiger partial charge in [-0.05, 0) is 29.3 Å². The van der Waals surface area contributed by atoms with E-state index < -0.39 is 10.9 Å². The predicted molar refractivity (Wildman–Crippen MR) is 79.5 cm³/mol. The summed E-state index contributed by atoms with van der Waals surface area (Å²) in [5.41, 5.74) is 2.39. The molecule has 0 unspecified atom stereocenters. The minimum atomic E-state index is -0.541. The molecule has 2 aromatic carbocycles. The number of hydrogen-bond donors (Lipinski definition) is 1. The third-order valence-corrected chi connectivity index (χ3v) is 3.36. The number of ether oxygens (including phenoxy) is 1. The Morgan fingerprint density at radius 3 is 2.59 bits per heavy atom. The van der Waals surface area contributed by atoms with Crippen LogP contribution in [0.25, 0.3) is 22.0 Å². The molecule has 1 aromatic heterocycles. The molecule has 7 nitrogen and oxygen atoms in total. The topological polar surface area (TPSA) is 98.1 Å². The van der Waals surface area contributed by atoms with Crippen LogP contribution in [0.3, 0.4) is 0 Å². The second-order valence-corrected chi connectivity index (χ2v) is 4.60. The van der Waals surface area contributed by atoms with E-state index in [1.54, 1.807) is 18.2 Å². The highest BCUT2D eigenvalue weighted by atomic mass is 16.6. The maximum absolute atomic E-state index is 11.8. The van der Waals surface area contributed by atoms with Gasteiger partial charge in [0.05, 0.1) is 17.5 Å². The Morgan fingerprint density at radius 2 is 1.95 bits per heavy atom. The van der Waals surface area contributed by atoms with Crippen LogP contribution in [-0.4, -0.2) is 28.2 Å². The maximum Gasteiger partial charge on any atom is 0.359 e. The molecule has 0 aliphatic rings. The quantitative estimate of drug-likeness (QED) is 0.455. The van der Waals surface area contributed by atoms with Gasteiger partial charge in [0.15, 0.2) is 5.69 Å². The number of nitro benzene ring substituents is 1. The van der Waals surface area contributed by atoms with E-state index >= 15 is 0 Å². The Hall–Kier alpha value is -3.22. The van der Waals surface area contributed by atoms with Crippen molar-refractivity contribution < 1.29 is 14.5 Å². The first-order valence-electron chi connectivity index (χ1n) is 6.42. The minimum absolute atomic E-state index is 0.0105. The van der Waals surface area contributed by atoms with E-state index in [0.29, 0.717) is 10.9 Å². The molecule has 0 saturated heterocycles. The number of carbonyl (C=O) groups excluding carboxylic acids is 1. The van der Waals surface area contributed by atoms with Crippen molar-refractivity contribution in [3.63, 3.8) is 0 Å². The van der Waals surface area contributed by atoms with E-state index in [0.717, 1.165) is 11.1 Å². The molecule has 7 heteroatoms. The Kier molecular flexibility index (Phi) is 3.30. The molecule has 0 bridgehead atoms. The molecule has 3 aromatic rings. The van der Waals surface area contributed by atoms with E-state index in [4.69, 9.17) is 4.74 Å². The van der Waals surface area contributed by atoms with Gasteiger partial charge in [-0.1, -0.05) is 12.1 Å². The van der Waals surface area contributed by atoms with Crippen LogP contribution in [0.5, 0.6) is 0 Å². The monoisotopic (exact) mass is 297 g/mol. The summed E-state index contributed by atoms with van der Waals surface area (Å²) in [6.07, 6.45) is 0. The molecule has 0 aliphatic heterocycles. The van der Waals surface area contributed by atoms with Crippen LogP contribution in [0, 0.1) is 10.1 Å². The minimum Gasteiger partial charge on any atom is -0.464 e. The molecule has 0 amide bonds. The summed E-state index contributed by atoms with van der Waals surface area (Å²) < 4.78 is 4.73. The molecule has 0 atom stereocenters. The average molecular weight is 297 g/mol. The van der Waals surface area contributed by atoms with Gasteiger partial charge in [-0.2, -0.15) is 5.10 Å². The number of nitro groups is 1. The average Bonchev–Trinajstić information content (AvgIpc) is 2.98. The number of benzene rings is 2. The Labute approximate surface area is 124 Å². The number of aromatic nitrogens is 2. The Bertz CT molecular complexity index is 868. The highest BCUT2D eigenvalue weighted by molar-refractivity contribution is 6.08. The van der Waals surface area contributed by atoms with Gasteiger partial charge in [0, 0.05) is 17.5 Å². The molecule has 110 valence electrons. The van der Waals surface area contributed by atoms with Crippen molar-refractivity contribution in [1.82, 2.24) is 10.2 Å². The van der Waals surface area contributed by atoms with E-state index in [1.165, 1.54) is 19.2 Å². The second kappa shape index (κ2) is 5.28. The van der Waals surface area contributed by atoms with Crippen LogP contribution in [0.15, 0.2) is 42.5 Å². The summed E-state index contributed by atoms with van der Waals surface area (Å²) in [4.78, 5) is 22.1. The SMILES string of the molecule is COC(=O)c1n[nH]c2cccc(-c3ccc([N+](=O)[O-])cc3)c12. The van der Waals surface area contributed by atoms with Gasteiger partial charge in [0.1, 0.15) is 0 Å². The zero-order valence-corrected chi connectivity index (χ0v) is 11.6. The Morgan fingerprint density at radius 1 is 1.23 bits per heavy atom. The van der Waals surface area contributed by atoms with Crippen molar-refractivity contribution in [2.45, 2.75) is 0 Å². The number of rotatable bonds is 3. The first-order chi connectivity index (χ1) is 10.6. The van der Waals surface area contributed by atoms with Crippen molar-refractivity contribution >= 4 is 22.6 Å². The molecule has 0 radical (unpaired) electrons. The third-order valence-electron chi connectivity index (χ3n) is 3.36. The molecule has 3 rings (SSSR count). The number of H-pyrrole nitrogens is 1. The summed E-state index contributed by atoms with van der Waals surface area (Å²) in [5.74, 6) is -0.541. The van der Waals surface area contributed by atoms with Crippen molar-refractivity contribution in [3.8, 4) is 11.1 Å². The smallest absolute Gasteiger partial charge is 0.359 e. The summed E-state index contributed by atoms with van der Waals surface area (Å²) in [5, 5.41) is 18.1. The third kappa shape index (κ3) is 2.18.